The summed E-state index contributed by atoms with van der Waals surface area (Å²) in [4.78, 5) is 118. The molecule has 2 aromatic carbocycles. The Labute approximate surface area is 368 Å². The molecule has 0 saturated carbocycles. The molecule has 2 aromatic rings. The first-order chi connectivity index (χ1) is 30.1. The molecule has 1 heterocycles. The van der Waals surface area contributed by atoms with E-state index in [0.717, 1.165) is 0 Å². The van der Waals surface area contributed by atoms with Crippen LogP contribution in [0.25, 0.3) is 0 Å². The third kappa shape index (κ3) is 15.8. The van der Waals surface area contributed by atoms with E-state index in [1.165, 1.54) is 60.4 Å². The number of primary amides is 1. The van der Waals surface area contributed by atoms with Crippen LogP contribution >= 0.6 is 0 Å². The summed E-state index contributed by atoms with van der Waals surface area (Å²) in [5, 5.41) is 60.9. The van der Waals surface area contributed by atoms with Crippen LogP contribution < -0.4 is 38.1 Å². The van der Waals surface area contributed by atoms with Crippen LogP contribution in [0.3, 0.4) is 0 Å². The van der Waals surface area contributed by atoms with Crippen molar-refractivity contribution in [1.82, 2.24) is 31.5 Å². The molecule has 22 nitrogen and oxygen atoms in total. The number of hydrogen-bond acceptors (Lipinski definition) is 13. The molecule has 22 heteroatoms. The third-order valence-corrected chi connectivity index (χ3v) is 10.4. The van der Waals surface area contributed by atoms with Crippen LogP contribution in [-0.2, 0) is 56.0 Å². The minimum absolute atomic E-state index is 0.00447. The van der Waals surface area contributed by atoms with Gasteiger partial charge in [-0.25, -0.2) is 4.79 Å². The Kier molecular flexibility index (Phi) is 19.4. The van der Waals surface area contributed by atoms with E-state index in [0.29, 0.717) is 17.5 Å². The van der Waals surface area contributed by atoms with Crippen LogP contribution in [-0.4, -0.2) is 139 Å². The molecule has 350 valence electrons. The highest BCUT2D eigenvalue weighted by Gasteiger charge is 2.41. The lowest BCUT2D eigenvalue weighted by molar-refractivity contribution is -0.144. The number of carbonyl (C=O) groups is 9. The second kappa shape index (κ2) is 24.1. The van der Waals surface area contributed by atoms with Gasteiger partial charge in [-0.15, -0.1) is 0 Å². The number of nitrogens with two attached hydrogens (primary N) is 2. The lowest BCUT2D eigenvalue weighted by Gasteiger charge is -2.32. The van der Waals surface area contributed by atoms with Gasteiger partial charge in [-0.3, -0.25) is 38.4 Å². The number of aromatic hydroxyl groups is 2. The molecule has 14 N–H and O–H groups in total. The summed E-state index contributed by atoms with van der Waals surface area (Å²) >= 11 is 0. The lowest BCUT2D eigenvalue weighted by Crippen LogP contribution is -2.61. The van der Waals surface area contributed by atoms with E-state index in [1.807, 2.05) is 0 Å². The Morgan fingerprint density at radius 1 is 0.672 bits per heavy atom. The highest BCUT2D eigenvalue weighted by molar-refractivity contribution is 5.97. The number of carboxylic acids is 2. The average molecular weight is 899 g/mol. The number of phenols is 2. The van der Waals surface area contributed by atoms with Gasteiger partial charge in [-0.1, -0.05) is 38.1 Å². The quantitative estimate of drug-likeness (QED) is 0.0536. The van der Waals surface area contributed by atoms with E-state index < -0.39 is 120 Å². The van der Waals surface area contributed by atoms with Crippen molar-refractivity contribution in [2.45, 2.75) is 121 Å². The van der Waals surface area contributed by atoms with E-state index in [4.69, 9.17) is 11.5 Å². The largest absolute Gasteiger partial charge is 0.508 e. The number of carbonyl (C=O) groups excluding carboxylic acids is 7. The SMILES string of the molecule is CC(C)[C@@H](NC(=O)[C@H](CCC(=O)O)NC(=O)[C@H](NC(=O)[C@H](N)Cc1ccc(O)cc1)[C@@H](C)O)C(=O)N1CCC[C@H]1C(=O)N[C@@H](CCC(N)=O)C(=O)N[C@@H](Cc1ccc(O)cc1)C(=O)O. The fourth-order valence-corrected chi connectivity index (χ4v) is 6.85. The molecule has 7 amide bonds. The van der Waals surface area contributed by atoms with Crippen molar-refractivity contribution < 1.29 is 68.7 Å². The van der Waals surface area contributed by atoms with Gasteiger partial charge >= 0.3 is 11.9 Å². The molecule has 64 heavy (non-hydrogen) atoms. The van der Waals surface area contributed by atoms with E-state index in [2.05, 4.69) is 26.6 Å². The molecular weight excluding hydrogens is 841 g/mol. The van der Waals surface area contributed by atoms with Gasteiger partial charge in [-0.05, 0) is 80.3 Å². The zero-order chi connectivity index (χ0) is 47.8. The van der Waals surface area contributed by atoms with Gasteiger partial charge in [0.15, 0.2) is 0 Å². The number of benzene rings is 2. The van der Waals surface area contributed by atoms with Crippen molar-refractivity contribution >= 4 is 53.3 Å². The highest BCUT2D eigenvalue weighted by atomic mass is 16.4. The Hall–Kier alpha value is -6.81. The molecule has 0 unspecified atom stereocenters. The number of phenolic OH excluding ortho intramolecular Hbond substituents is 2. The first kappa shape index (κ1) is 51.5. The van der Waals surface area contributed by atoms with Crippen LogP contribution in [0.4, 0.5) is 0 Å². The molecule has 0 bridgehead atoms. The molecule has 0 aliphatic carbocycles. The van der Waals surface area contributed by atoms with Gasteiger partial charge < -0.3 is 68.5 Å². The average Bonchev–Trinajstić information content (AvgIpc) is 3.73. The third-order valence-electron chi connectivity index (χ3n) is 10.4. The van der Waals surface area contributed by atoms with E-state index in [9.17, 15) is 68.7 Å². The molecule has 1 aliphatic heterocycles. The number of aliphatic carboxylic acids is 2. The van der Waals surface area contributed by atoms with Crippen LogP contribution in [0.2, 0.25) is 0 Å². The predicted octanol–water partition coefficient (Wildman–Crippen LogP) is -2.12. The molecule has 3 rings (SSSR count). The summed E-state index contributed by atoms with van der Waals surface area (Å²) in [6.07, 6.45) is -3.09. The number of aliphatic hydroxyl groups excluding tert-OH is 1. The van der Waals surface area contributed by atoms with Crippen LogP contribution in [0, 0.1) is 5.92 Å². The first-order valence-corrected chi connectivity index (χ1v) is 20.6. The summed E-state index contributed by atoms with van der Waals surface area (Å²) in [5.41, 5.74) is 12.4. The summed E-state index contributed by atoms with van der Waals surface area (Å²) in [6, 6.07) is 1.50. The maximum Gasteiger partial charge on any atom is 0.326 e. The monoisotopic (exact) mass is 898 g/mol. The van der Waals surface area contributed by atoms with E-state index in [-0.39, 0.29) is 50.1 Å². The fourth-order valence-electron chi connectivity index (χ4n) is 6.85. The second-order valence-corrected chi connectivity index (χ2v) is 16.0. The fraction of sp³-hybridized carbons (Fsp3) is 0.500. The highest BCUT2D eigenvalue weighted by Crippen LogP contribution is 2.22. The minimum Gasteiger partial charge on any atom is -0.508 e. The Bertz CT molecular complexity index is 2000. The molecular formula is C42H58N8O14. The summed E-state index contributed by atoms with van der Waals surface area (Å²) < 4.78 is 0. The predicted molar refractivity (Wildman–Crippen MR) is 225 cm³/mol. The van der Waals surface area contributed by atoms with Crippen LogP contribution in [0.5, 0.6) is 11.5 Å². The molecule has 1 fully saturated rings. The number of nitrogens with zero attached hydrogens (tertiary/aromatic N) is 1. The lowest BCUT2D eigenvalue weighted by atomic mass is 10.0. The Balaban J connectivity index is 1.76. The Morgan fingerprint density at radius 2 is 1.17 bits per heavy atom. The molecule has 1 saturated heterocycles. The van der Waals surface area contributed by atoms with Gasteiger partial charge in [0.25, 0.3) is 0 Å². The number of nitrogens with one attached hydrogen (secondary N) is 5. The van der Waals surface area contributed by atoms with Crippen molar-refractivity contribution in [1.29, 1.82) is 0 Å². The normalized spacial score (nSPS) is 16.8. The molecule has 0 spiro atoms. The van der Waals surface area contributed by atoms with Crippen molar-refractivity contribution in [3.8, 4) is 11.5 Å². The van der Waals surface area contributed by atoms with Gasteiger partial charge in [-0.2, -0.15) is 0 Å². The van der Waals surface area contributed by atoms with Crippen molar-refractivity contribution in [2.75, 3.05) is 6.54 Å². The standard InChI is InChI=1S/C42H58N8O14/c1-21(2)34(48-38(59)29(15-17-33(55)56)46-40(61)35(22(3)51)49-36(57)27(43)19-23-6-10-25(52)11-7-23)41(62)50-18-4-5-31(50)39(60)45-28(14-16-32(44)54)37(58)47-30(42(63)64)20-24-8-12-26(53)13-9-24/h6-13,21-22,27-31,34-35,51-53H,4-5,14-20,43H2,1-3H3,(H2,44,54)(H,45,60)(H,46,61)(H,47,58)(H,48,59)(H,49,57)(H,55,56)(H,63,64)/t22-,27-,28+,29+,30+,31+,34-,35-/m1/s1. The van der Waals surface area contributed by atoms with Crippen molar-refractivity contribution in [3.05, 3.63) is 59.7 Å². The van der Waals surface area contributed by atoms with E-state index >= 15 is 0 Å². The maximum absolute atomic E-state index is 14.2. The zero-order valence-corrected chi connectivity index (χ0v) is 35.7. The number of rotatable bonds is 24. The summed E-state index contributed by atoms with van der Waals surface area (Å²) in [6.45, 7) is 4.39. The summed E-state index contributed by atoms with van der Waals surface area (Å²) in [5.74, 6) is -9.67. The minimum atomic E-state index is -1.66. The molecule has 0 aromatic heterocycles. The molecule has 0 radical (unpaired) electrons. The number of hydrogen-bond donors (Lipinski definition) is 12. The van der Waals surface area contributed by atoms with Gasteiger partial charge in [0.2, 0.25) is 41.4 Å². The number of carboxylic acid groups (broad SMARTS) is 2. The summed E-state index contributed by atoms with van der Waals surface area (Å²) in [7, 11) is 0. The van der Waals surface area contributed by atoms with Crippen molar-refractivity contribution in [2.24, 2.45) is 17.4 Å². The van der Waals surface area contributed by atoms with Crippen LogP contribution in [0.1, 0.15) is 70.4 Å². The number of amides is 7. The maximum atomic E-state index is 14.2. The molecule has 1 aliphatic rings. The zero-order valence-electron chi connectivity index (χ0n) is 35.7. The van der Waals surface area contributed by atoms with Crippen molar-refractivity contribution in [3.63, 3.8) is 0 Å². The van der Waals surface area contributed by atoms with Gasteiger partial charge in [0.05, 0.1) is 12.1 Å². The Morgan fingerprint density at radius 3 is 1.69 bits per heavy atom. The molecule has 8 atom stereocenters. The van der Waals surface area contributed by atoms with Crippen LogP contribution in [0.15, 0.2) is 48.5 Å². The number of aliphatic hydroxyl groups is 1. The van der Waals surface area contributed by atoms with Gasteiger partial charge in [0, 0.05) is 25.8 Å². The second-order valence-electron chi connectivity index (χ2n) is 16.0. The number of likely N-dealkylation sites (tertiary alicyclic amines) is 1. The topological polar surface area (TPSA) is 370 Å². The van der Waals surface area contributed by atoms with Gasteiger partial charge in [0.1, 0.15) is 47.8 Å². The first-order valence-electron chi connectivity index (χ1n) is 20.6. The smallest absolute Gasteiger partial charge is 0.326 e. The van der Waals surface area contributed by atoms with E-state index in [1.54, 1.807) is 13.8 Å².